The molecule has 0 saturated carbocycles. The normalized spacial score (nSPS) is 14.6. The fourth-order valence-corrected chi connectivity index (χ4v) is 6.15. The summed E-state index contributed by atoms with van der Waals surface area (Å²) >= 11 is 0. The van der Waals surface area contributed by atoms with Crippen LogP contribution in [0.3, 0.4) is 0 Å². The molecule has 1 aromatic heterocycles. The molecular formula is C38H14F6N6. The van der Waals surface area contributed by atoms with Crippen LogP contribution in [0.5, 0.6) is 0 Å². The van der Waals surface area contributed by atoms with Crippen molar-refractivity contribution < 1.29 is 26.3 Å². The Bertz CT molecular complexity index is 2320. The van der Waals surface area contributed by atoms with E-state index < -0.39 is 23.5 Å². The molecule has 1 heterocycles. The number of hydrogen-bond donors (Lipinski definition) is 0. The number of fused-ring (bicyclic) bond motifs is 6. The summed E-state index contributed by atoms with van der Waals surface area (Å²) in [5, 5.41) is 19.9. The highest BCUT2D eigenvalue weighted by Gasteiger charge is 2.37. The highest BCUT2D eigenvalue weighted by atomic mass is 19.4. The fourth-order valence-electron chi connectivity index (χ4n) is 6.15. The van der Waals surface area contributed by atoms with E-state index in [-0.39, 0.29) is 45.3 Å². The minimum absolute atomic E-state index is 0.169. The molecule has 238 valence electrons. The lowest BCUT2D eigenvalue weighted by atomic mass is 9.96. The van der Waals surface area contributed by atoms with Gasteiger partial charge in [0.25, 0.3) is 11.4 Å². The van der Waals surface area contributed by atoms with E-state index in [1.165, 1.54) is 24.3 Å². The highest BCUT2D eigenvalue weighted by Crippen LogP contribution is 2.51. The maximum Gasteiger partial charge on any atom is 0.416 e. The second-order valence-electron chi connectivity index (χ2n) is 11.2. The molecule has 0 radical (unpaired) electrons. The van der Waals surface area contributed by atoms with Gasteiger partial charge in [-0.15, -0.1) is 0 Å². The van der Waals surface area contributed by atoms with Gasteiger partial charge in [0.1, 0.15) is 0 Å². The summed E-state index contributed by atoms with van der Waals surface area (Å²) < 4.78 is 79.1. The van der Waals surface area contributed by atoms with Crippen molar-refractivity contribution in [2.24, 2.45) is 0 Å². The first-order valence-electron chi connectivity index (χ1n) is 14.5. The molecule has 2 aliphatic carbocycles. The number of rotatable bonds is 2. The van der Waals surface area contributed by atoms with Gasteiger partial charge in [-0.25, -0.2) is 30.2 Å². The lowest BCUT2D eigenvalue weighted by Crippen LogP contribution is -2.03. The molecule has 0 spiro atoms. The Kier molecular flexibility index (Phi) is 7.14. The number of hydrogen-bond acceptors (Lipinski definition) is 4. The van der Waals surface area contributed by atoms with Crippen LogP contribution in [0.25, 0.3) is 65.6 Å². The van der Waals surface area contributed by atoms with E-state index in [0.29, 0.717) is 44.5 Å². The smallest absolute Gasteiger partial charge is 0.245 e. The van der Waals surface area contributed by atoms with Crippen molar-refractivity contribution in [2.45, 2.75) is 12.4 Å². The molecule has 50 heavy (non-hydrogen) atoms. The first-order chi connectivity index (χ1) is 23.9. The molecule has 0 N–H and O–H groups in total. The summed E-state index contributed by atoms with van der Waals surface area (Å²) in [6.07, 6.45) is -9.03. The molecule has 5 aromatic rings. The van der Waals surface area contributed by atoms with Gasteiger partial charge in [-0.1, -0.05) is 48.5 Å². The van der Waals surface area contributed by atoms with Gasteiger partial charge < -0.3 is 0 Å². The SMILES string of the molecule is [C-]#[N+]/C(C#N)=C1/c2cc(-c3ccc(C(F)(F)F)cc3)ccc2-c2nc3c(nc21)-c1ccc(-c2ccc(C(F)(F)F)cc2)cc1/C3=C(/C#N)[N+]#[C-]. The Morgan fingerprint density at radius 2 is 0.840 bits per heavy atom. The molecule has 12 heteroatoms. The molecule has 0 fully saturated rings. The second-order valence-corrected chi connectivity index (χ2v) is 11.2. The molecule has 0 unspecified atom stereocenters. The van der Waals surface area contributed by atoms with E-state index in [1.807, 2.05) is 12.1 Å². The third-order valence-corrected chi connectivity index (χ3v) is 8.46. The van der Waals surface area contributed by atoms with Gasteiger partial charge in [-0.3, -0.25) is 0 Å². The lowest BCUT2D eigenvalue weighted by molar-refractivity contribution is -0.138. The first-order valence-corrected chi connectivity index (χ1v) is 14.5. The van der Waals surface area contributed by atoms with Gasteiger partial charge in [-0.05, 0) is 69.8 Å². The van der Waals surface area contributed by atoms with Crippen LogP contribution < -0.4 is 0 Å². The zero-order valence-electron chi connectivity index (χ0n) is 25.0. The van der Waals surface area contributed by atoms with Crippen LogP contribution in [0.15, 0.2) is 96.3 Å². The van der Waals surface area contributed by atoms with Crippen molar-refractivity contribution in [3.05, 3.63) is 153 Å². The van der Waals surface area contributed by atoms with Gasteiger partial charge in [-0.2, -0.15) is 26.3 Å². The average molecular weight is 669 g/mol. The minimum atomic E-state index is -4.52. The number of nitriles is 2. The van der Waals surface area contributed by atoms with Gasteiger partial charge in [0, 0.05) is 22.3 Å². The molecule has 0 amide bonds. The molecule has 2 aliphatic rings. The summed E-state index contributed by atoms with van der Waals surface area (Å²) in [6, 6.07) is 22.8. The van der Waals surface area contributed by atoms with E-state index in [4.69, 9.17) is 23.1 Å². The van der Waals surface area contributed by atoms with Gasteiger partial charge in [0.2, 0.25) is 0 Å². The summed E-state index contributed by atoms with van der Waals surface area (Å²) in [5.74, 6) is 0. The van der Waals surface area contributed by atoms with Crippen molar-refractivity contribution in [3.63, 3.8) is 0 Å². The van der Waals surface area contributed by atoms with Crippen LogP contribution in [0.1, 0.15) is 33.6 Å². The van der Waals surface area contributed by atoms with Gasteiger partial charge >= 0.3 is 12.4 Å². The molecule has 0 bridgehead atoms. The Labute approximate surface area is 279 Å². The average Bonchev–Trinajstić information content (AvgIpc) is 3.59. The van der Waals surface area contributed by atoms with Crippen molar-refractivity contribution in [1.82, 2.24) is 9.97 Å². The van der Waals surface area contributed by atoms with Crippen LogP contribution in [0, 0.1) is 35.8 Å². The molecule has 7 rings (SSSR count). The zero-order valence-corrected chi connectivity index (χ0v) is 25.0. The third-order valence-electron chi connectivity index (χ3n) is 8.46. The Morgan fingerprint density at radius 3 is 1.14 bits per heavy atom. The van der Waals surface area contributed by atoms with E-state index in [1.54, 1.807) is 36.4 Å². The number of nitrogens with zero attached hydrogens (tertiary/aromatic N) is 6. The molecule has 0 aliphatic heterocycles. The minimum Gasteiger partial charge on any atom is -0.245 e. The van der Waals surface area contributed by atoms with Crippen LogP contribution >= 0.6 is 0 Å². The number of allylic oxidation sites excluding steroid dienone is 2. The Hall–Kier alpha value is -7.02. The highest BCUT2D eigenvalue weighted by molar-refractivity contribution is 6.07. The number of halogens is 6. The Balaban J connectivity index is 1.41. The van der Waals surface area contributed by atoms with Crippen molar-refractivity contribution in [2.75, 3.05) is 0 Å². The van der Waals surface area contributed by atoms with E-state index in [0.717, 1.165) is 24.3 Å². The van der Waals surface area contributed by atoms with E-state index in [9.17, 15) is 36.9 Å². The number of benzene rings is 4. The van der Waals surface area contributed by atoms with Crippen molar-refractivity contribution in [1.29, 1.82) is 10.5 Å². The lowest BCUT2D eigenvalue weighted by Gasteiger charge is -2.10. The monoisotopic (exact) mass is 668 g/mol. The molecule has 0 atom stereocenters. The van der Waals surface area contributed by atoms with Crippen molar-refractivity contribution >= 4 is 11.1 Å². The maximum atomic E-state index is 13.2. The molecule has 6 nitrogen and oxygen atoms in total. The van der Waals surface area contributed by atoms with Crippen LogP contribution in [0.2, 0.25) is 0 Å². The molecular weight excluding hydrogens is 654 g/mol. The summed E-state index contributed by atoms with van der Waals surface area (Å²) in [7, 11) is 0. The number of alkyl halides is 6. The second kappa shape index (κ2) is 11.3. The van der Waals surface area contributed by atoms with Crippen LogP contribution in [-0.2, 0) is 12.4 Å². The molecule has 4 aromatic carbocycles. The topological polar surface area (TPSA) is 82.1 Å². The maximum absolute atomic E-state index is 13.2. The predicted octanol–water partition coefficient (Wildman–Crippen LogP) is 10.2. The number of aromatic nitrogens is 2. The first kappa shape index (κ1) is 31.6. The largest absolute Gasteiger partial charge is 0.416 e. The standard InChI is InChI=1S/C38H14F6N6/c1-47-29(17-45)31-27-15-21(19-3-9-23(10-4-19)37(39,40)41)7-13-25(27)33-35(31)49-34-26-14-8-22(20-5-11-24(12-6-20)38(42,43)44)16-28(26)32(36(34)50-33)30(18-46)48-2/h3-16H/b31-29-,32-30+. The summed E-state index contributed by atoms with van der Waals surface area (Å²) in [6.45, 7) is 15.4. The molecule has 0 saturated heterocycles. The van der Waals surface area contributed by atoms with Crippen molar-refractivity contribution in [3.8, 4) is 56.9 Å². The Morgan fingerprint density at radius 1 is 0.500 bits per heavy atom. The van der Waals surface area contributed by atoms with E-state index >= 15 is 0 Å². The summed E-state index contributed by atoms with van der Waals surface area (Å²) in [4.78, 5) is 16.5. The quantitative estimate of drug-likeness (QED) is 0.104. The van der Waals surface area contributed by atoms with Gasteiger partial charge in [0.15, 0.2) is 0 Å². The van der Waals surface area contributed by atoms with Crippen LogP contribution in [0.4, 0.5) is 26.3 Å². The predicted molar refractivity (Wildman–Crippen MR) is 170 cm³/mol. The van der Waals surface area contributed by atoms with E-state index in [2.05, 4.69) is 9.69 Å². The fraction of sp³-hybridized carbons (Fsp3) is 0.0526. The third kappa shape index (κ3) is 4.95. The van der Waals surface area contributed by atoms with Gasteiger partial charge in [0.05, 0.1) is 59.2 Å². The van der Waals surface area contributed by atoms with Crippen LogP contribution in [-0.4, -0.2) is 9.97 Å². The zero-order chi connectivity index (χ0) is 35.5. The summed E-state index contributed by atoms with van der Waals surface area (Å²) in [5.41, 5.74) is 2.72.